The highest BCUT2D eigenvalue weighted by molar-refractivity contribution is 9.10. The largest absolute Gasteiger partial charge is 0.506 e. The number of hydrogen-bond acceptors (Lipinski definition) is 2. The minimum Gasteiger partial charge on any atom is -0.506 e. The van der Waals surface area contributed by atoms with Gasteiger partial charge in [-0.15, -0.1) is 12.4 Å². The fourth-order valence-electron chi connectivity index (χ4n) is 1.50. The maximum absolute atomic E-state index is 9.82. The molecule has 0 saturated heterocycles. The molecule has 3 N–H and O–H groups in total. The van der Waals surface area contributed by atoms with Crippen molar-refractivity contribution >= 4 is 39.9 Å². The van der Waals surface area contributed by atoms with Crippen LogP contribution in [0.4, 0.5) is 0 Å². The van der Waals surface area contributed by atoms with E-state index in [1.165, 1.54) is 0 Å². The van der Waals surface area contributed by atoms with Gasteiger partial charge >= 0.3 is 0 Å². The van der Waals surface area contributed by atoms with Crippen LogP contribution in [-0.4, -0.2) is 5.11 Å². The monoisotopic (exact) mass is 327 g/mol. The minimum atomic E-state index is -0.181. The van der Waals surface area contributed by atoms with Crippen LogP contribution in [0.25, 0.3) is 0 Å². The molecule has 0 aliphatic rings. The predicted octanol–water partition coefficient (Wildman–Crippen LogP) is 4.28. The summed E-state index contributed by atoms with van der Waals surface area (Å²) < 4.78 is 0.587. The Labute approximate surface area is 116 Å². The number of benzene rings is 1. The molecule has 0 bridgehead atoms. The van der Waals surface area contributed by atoms with Crippen LogP contribution in [0.1, 0.15) is 31.9 Å². The lowest BCUT2D eigenvalue weighted by Crippen LogP contribution is -2.13. The van der Waals surface area contributed by atoms with Crippen molar-refractivity contribution in [2.24, 2.45) is 11.7 Å². The normalized spacial score (nSPS) is 12.4. The number of phenols is 1. The van der Waals surface area contributed by atoms with Gasteiger partial charge in [-0.25, -0.2) is 0 Å². The number of rotatable bonds is 3. The molecule has 1 aromatic carbocycles. The molecule has 2 nitrogen and oxygen atoms in total. The van der Waals surface area contributed by atoms with E-state index in [-0.39, 0.29) is 24.2 Å². The molecule has 5 heteroatoms. The lowest BCUT2D eigenvalue weighted by Gasteiger charge is -2.16. The first-order valence-corrected chi connectivity index (χ1v) is 6.02. The molecule has 1 aromatic rings. The maximum atomic E-state index is 9.82. The van der Waals surface area contributed by atoms with Crippen molar-refractivity contribution in [2.75, 3.05) is 0 Å². The molecule has 0 amide bonds. The Balaban J connectivity index is 0.00000225. The summed E-state index contributed by atoms with van der Waals surface area (Å²) in [4.78, 5) is 0. The highest BCUT2D eigenvalue weighted by Crippen LogP contribution is 2.36. The summed E-state index contributed by atoms with van der Waals surface area (Å²) in [6.07, 6.45) is 0.820. The van der Waals surface area contributed by atoms with Crippen LogP contribution in [0.15, 0.2) is 16.6 Å². The van der Waals surface area contributed by atoms with Gasteiger partial charge < -0.3 is 10.8 Å². The molecule has 16 heavy (non-hydrogen) atoms. The molecular formula is C11H16BrCl2NO. The molecule has 1 atom stereocenters. The highest BCUT2D eigenvalue weighted by atomic mass is 79.9. The zero-order valence-corrected chi connectivity index (χ0v) is 12.4. The molecule has 1 rings (SSSR count). The van der Waals surface area contributed by atoms with Gasteiger partial charge in [0.2, 0.25) is 0 Å². The van der Waals surface area contributed by atoms with Gasteiger partial charge in [-0.2, -0.15) is 0 Å². The molecule has 92 valence electrons. The van der Waals surface area contributed by atoms with Gasteiger partial charge in [-0.05, 0) is 40.4 Å². The first-order valence-electron chi connectivity index (χ1n) is 4.85. The molecule has 0 aliphatic carbocycles. The van der Waals surface area contributed by atoms with Gasteiger partial charge in [0.25, 0.3) is 0 Å². The van der Waals surface area contributed by atoms with Crippen LogP contribution in [0.5, 0.6) is 5.75 Å². The maximum Gasteiger partial charge on any atom is 0.134 e. The van der Waals surface area contributed by atoms with Gasteiger partial charge in [0.15, 0.2) is 0 Å². The van der Waals surface area contributed by atoms with Gasteiger partial charge in [0.05, 0.1) is 4.47 Å². The van der Waals surface area contributed by atoms with E-state index in [4.69, 9.17) is 17.3 Å². The van der Waals surface area contributed by atoms with E-state index in [0.29, 0.717) is 21.0 Å². The first-order chi connectivity index (χ1) is 6.91. The Morgan fingerprint density at radius 1 is 1.44 bits per heavy atom. The van der Waals surface area contributed by atoms with Crippen molar-refractivity contribution in [1.82, 2.24) is 0 Å². The van der Waals surface area contributed by atoms with Crippen LogP contribution in [0.2, 0.25) is 5.02 Å². The smallest absolute Gasteiger partial charge is 0.134 e. The second-order valence-corrected chi connectivity index (χ2v) is 5.35. The van der Waals surface area contributed by atoms with E-state index in [1.54, 1.807) is 12.1 Å². The topological polar surface area (TPSA) is 46.2 Å². The summed E-state index contributed by atoms with van der Waals surface area (Å²) >= 11 is 9.15. The Morgan fingerprint density at radius 3 is 2.50 bits per heavy atom. The fraction of sp³-hybridized carbons (Fsp3) is 0.455. The standard InChI is InChI=1S/C11H15BrClNO.ClH/c1-6(2)3-10(14)8-4-7(13)5-9(12)11(8)15;/h4-6,10,15H,3,14H2,1-2H3;1H/t10-;/m0./s1. The Bertz CT molecular complexity index is 358. The van der Waals surface area contributed by atoms with Crippen LogP contribution < -0.4 is 5.73 Å². The van der Waals surface area contributed by atoms with Gasteiger partial charge in [0, 0.05) is 16.6 Å². The van der Waals surface area contributed by atoms with Crippen molar-refractivity contribution in [3.8, 4) is 5.75 Å². The quantitative estimate of drug-likeness (QED) is 0.870. The van der Waals surface area contributed by atoms with Gasteiger partial charge in [0.1, 0.15) is 5.75 Å². The number of nitrogens with two attached hydrogens (primary N) is 1. The SMILES string of the molecule is CC(C)C[C@H](N)c1cc(Cl)cc(Br)c1O.Cl. The Kier molecular flexibility index (Phi) is 6.71. The molecule has 0 saturated carbocycles. The lowest BCUT2D eigenvalue weighted by molar-refractivity contribution is 0.442. The number of halogens is 3. The number of hydrogen-bond donors (Lipinski definition) is 2. The van der Waals surface area contributed by atoms with E-state index in [2.05, 4.69) is 29.8 Å². The van der Waals surface area contributed by atoms with Crippen LogP contribution in [-0.2, 0) is 0 Å². The van der Waals surface area contributed by atoms with Crippen molar-refractivity contribution in [1.29, 1.82) is 0 Å². The summed E-state index contributed by atoms with van der Waals surface area (Å²) in [5.74, 6) is 0.671. The molecule has 0 aliphatic heterocycles. The van der Waals surface area contributed by atoms with E-state index < -0.39 is 0 Å². The van der Waals surface area contributed by atoms with Gasteiger partial charge in [-0.3, -0.25) is 0 Å². The van der Waals surface area contributed by atoms with E-state index in [9.17, 15) is 5.11 Å². The average Bonchev–Trinajstić information content (AvgIpc) is 2.09. The average molecular weight is 329 g/mol. The fourth-order valence-corrected chi connectivity index (χ4v) is 2.34. The molecular weight excluding hydrogens is 313 g/mol. The van der Waals surface area contributed by atoms with E-state index in [1.807, 2.05) is 0 Å². The molecule has 0 fully saturated rings. The molecule has 0 aromatic heterocycles. The van der Waals surface area contributed by atoms with Crippen molar-refractivity contribution < 1.29 is 5.11 Å². The van der Waals surface area contributed by atoms with Crippen LogP contribution in [0.3, 0.4) is 0 Å². The summed E-state index contributed by atoms with van der Waals surface area (Å²) in [5.41, 5.74) is 6.69. The Morgan fingerprint density at radius 2 is 2.00 bits per heavy atom. The van der Waals surface area contributed by atoms with E-state index >= 15 is 0 Å². The molecule has 0 radical (unpaired) electrons. The van der Waals surface area contributed by atoms with Crippen LogP contribution in [0, 0.1) is 5.92 Å². The van der Waals surface area contributed by atoms with Crippen LogP contribution >= 0.6 is 39.9 Å². The number of phenolic OH excluding ortho intramolecular Hbond substituents is 1. The molecule has 0 heterocycles. The second kappa shape index (κ2) is 6.70. The zero-order valence-electron chi connectivity index (χ0n) is 9.21. The summed E-state index contributed by atoms with van der Waals surface area (Å²) in [6, 6.07) is 3.19. The van der Waals surface area contributed by atoms with Gasteiger partial charge in [-0.1, -0.05) is 25.4 Å². The number of aromatic hydroxyl groups is 1. The predicted molar refractivity (Wildman–Crippen MR) is 74.4 cm³/mol. The second-order valence-electron chi connectivity index (χ2n) is 4.06. The zero-order chi connectivity index (χ0) is 11.6. The first kappa shape index (κ1) is 16.0. The third-order valence-electron chi connectivity index (χ3n) is 2.18. The lowest BCUT2D eigenvalue weighted by atomic mass is 9.97. The van der Waals surface area contributed by atoms with Crippen molar-refractivity contribution in [2.45, 2.75) is 26.3 Å². The third kappa shape index (κ3) is 4.13. The van der Waals surface area contributed by atoms with Crippen molar-refractivity contribution in [3.05, 3.63) is 27.2 Å². The molecule has 0 unspecified atom stereocenters. The third-order valence-corrected chi connectivity index (χ3v) is 3.01. The summed E-state index contributed by atoms with van der Waals surface area (Å²) in [5, 5.41) is 10.4. The minimum absolute atomic E-state index is 0. The highest BCUT2D eigenvalue weighted by Gasteiger charge is 2.15. The van der Waals surface area contributed by atoms with Crippen molar-refractivity contribution in [3.63, 3.8) is 0 Å². The summed E-state index contributed by atoms with van der Waals surface area (Å²) in [6.45, 7) is 4.19. The Hall–Kier alpha value is 0.0400. The van der Waals surface area contributed by atoms with E-state index in [0.717, 1.165) is 6.42 Å². The summed E-state index contributed by atoms with van der Waals surface area (Å²) in [7, 11) is 0. The molecule has 0 spiro atoms.